The van der Waals surface area contributed by atoms with Crippen LogP contribution in [0.2, 0.25) is 5.02 Å². The molecule has 0 fully saturated rings. The van der Waals surface area contributed by atoms with Crippen LogP contribution in [0, 0.1) is 5.82 Å². The smallest absolute Gasteiger partial charge is 0.280 e. The molecule has 3 rings (SSSR count). The summed E-state index contributed by atoms with van der Waals surface area (Å²) in [6.45, 7) is 0. The highest BCUT2D eigenvalue weighted by Crippen LogP contribution is 2.20. The van der Waals surface area contributed by atoms with Crippen molar-refractivity contribution < 1.29 is 9.18 Å². The van der Waals surface area contributed by atoms with Crippen molar-refractivity contribution in [3.63, 3.8) is 0 Å². The number of carbonyl (C=O) groups excluding carboxylic acids is 1. The maximum Gasteiger partial charge on any atom is 0.280 e. The van der Waals surface area contributed by atoms with Crippen LogP contribution >= 0.6 is 11.6 Å². The number of hydrogen-bond acceptors (Lipinski definition) is 3. The zero-order chi connectivity index (χ0) is 17.1. The molecule has 0 bridgehead atoms. The van der Waals surface area contributed by atoms with Crippen molar-refractivity contribution in [1.29, 1.82) is 0 Å². The molecule has 24 heavy (non-hydrogen) atoms. The van der Waals surface area contributed by atoms with Gasteiger partial charge in [0.15, 0.2) is 5.69 Å². The van der Waals surface area contributed by atoms with E-state index in [4.69, 9.17) is 11.6 Å². The summed E-state index contributed by atoms with van der Waals surface area (Å²) in [6.07, 6.45) is 1.40. The molecule has 3 aromatic rings. The molecule has 0 aliphatic heterocycles. The molecule has 2 aromatic carbocycles. The van der Waals surface area contributed by atoms with Gasteiger partial charge in [0.05, 0.1) is 16.4 Å². The molecule has 0 radical (unpaired) electrons. The lowest BCUT2D eigenvalue weighted by Crippen LogP contribution is -2.25. The third-order valence-corrected chi connectivity index (χ3v) is 3.57. The van der Waals surface area contributed by atoms with Crippen LogP contribution in [0.1, 0.15) is 10.5 Å². The summed E-state index contributed by atoms with van der Waals surface area (Å²) >= 11 is 5.98. The van der Waals surface area contributed by atoms with Crippen LogP contribution in [0.3, 0.4) is 0 Å². The zero-order valence-electron chi connectivity index (χ0n) is 12.2. The molecule has 1 amide bonds. The Morgan fingerprint density at radius 3 is 2.50 bits per heavy atom. The number of nitrogens with zero attached hydrogens (tertiary/aromatic N) is 2. The van der Waals surface area contributed by atoms with Gasteiger partial charge in [-0.05, 0) is 36.4 Å². The van der Waals surface area contributed by atoms with Crippen LogP contribution < -0.4 is 10.7 Å². The maximum absolute atomic E-state index is 13.0. The molecule has 0 aliphatic carbocycles. The van der Waals surface area contributed by atoms with E-state index in [1.165, 1.54) is 41.2 Å². The average molecular weight is 344 g/mol. The van der Waals surface area contributed by atoms with Crippen molar-refractivity contribution in [3.8, 4) is 5.69 Å². The van der Waals surface area contributed by atoms with Gasteiger partial charge >= 0.3 is 0 Å². The second kappa shape index (κ2) is 6.64. The number of carbonyl (C=O) groups is 1. The SMILES string of the molecule is O=C(Nc1ccccc1Cl)c1nn(-c2ccc(F)cc2)ccc1=O. The van der Waals surface area contributed by atoms with Crippen LogP contribution in [0.25, 0.3) is 5.69 Å². The van der Waals surface area contributed by atoms with Gasteiger partial charge in [0.2, 0.25) is 5.43 Å². The minimum Gasteiger partial charge on any atom is -0.319 e. The van der Waals surface area contributed by atoms with Gasteiger partial charge in [0.25, 0.3) is 5.91 Å². The van der Waals surface area contributed by atoms with Gasteiger partial charge in [-0.2, -0.15) is 5.10 Å². The molecule has 1 N–H and O–H groups in total. The molecule has 0 saturated carbocycles. The standard InChI is InChI=1S/C17H11ClFN3O2/c18-13-3-1-2-4-14(13)20-17(24)16-15(23)9-10-22(21-16)12-7-5-11(19)6-8-12/h1-10H,(H,20,24). The summed E-state index contributed by atoms with van der Waals surface area (Å²) in [7, 11) is 0. The van der Waals surface area contributed by atoms with Crippen molar-refractivity contribution in [2.75, 3.05) is 5.32 Å². The van der Waals surface area contributed by atoms with E-state index in [0.717, 1.165) is 0 Å². The summed E-state index contributed by atoms with van der Waals surface area (Å²) in [5.74, 6) is -1.07. The highest BCUT2D eigenvalue weighted by atomic mass is 35.5. The van der Waals surface area contributed by atoms with E-state index in [1.54, 1.807) is 24.3 Å². The Kier molecular flexibility index (Phi) is 4.39. The quantitative estimate of drug-likeness (QED) is 0.793. The molecular weight excluding hydrogens is 333 g/mol. The van der Waals surface area contributed by atoms with Gasteiger partial charge in [-0.3, -0.25) is 9.59 Å². The first-order valence-corrected chi connectivity index (χ1v) is 7.34. The third-order valence-electron chi connectivity index (χ3n) is 3.24. The molecule has 1 aromatic heterocycles. The Morgan fingerprint density at radius 2 is 1.79 bits per heavy atom. The van der Waals surface area contributed by atoms with Gasteiger partial charge in [0, 0.05) is 12.3 Å². The highest BCUT2D eigenvalue weighted by molar-refractivity contribution is 6.33. The number of aromatic nitrogens is 2. The number of para-hydroxylation sites is 1. The second-order valence-electron chi connectivity index (χ2n) is 4.88. The third kappa shape index (κ3) is 3.33. The van der Waals surface area contributed by atoms with Gasteiger partial charge in [-0.15, -0.1) is 0 Å². The monoisotopic (exact) mass is 343 g/mol. The molecule has 0 saturated heterocycles. The van der Waals surface area contributed by atoms with Gasteiger partial charge < -0.3 is 5.32 Å². The molecule has 0 spiro atoms. The lowest BCUT2D eigenvalue weighted by Gasteiger charge is -2.09. The summed E-state index contributed by atoms with van der Waals surface area (Å²) < 4.78 is 14.3. The first kappa shape index (κ1) is 15.9. The zero-order valence-corrected chi connectivity index (χ0v) is 13.0. The lowest BCUT2D eigenvalue weighted by molar-refractivity contribution is 0.101. The molecule has 1 heterocycles. The van der Waals surface area contributed by atoms with E-state index in [0.29, 0.717) is 16.4 Å². The molecule has 120 valence electrons. The van der Waals surface area contributed by atoms with Crippen molar-refractivity contribution >= 4 is 23.2 Å². The number of benzene rings is 2. The van der Waals surface area contributed by atoms with Crippen molar-refractivity contribution in [2.45, 2.75) is 0 Å². The Bertz CT molecular complexity index is 955. The number of hydrogen-bond donors (Lipinski definition) is 1. The van der Waals surface area contributed by atoms with E-state index in [9.17, 15) is 14.0 Å². The van der Waals surface area contributed by atoms with Crippen LogP contribution in [0.15, 0.2) is 65.6 Å². The van der Waals surface area contributed by atoms with E-state index < -0.39 is 17.2 Å². The van der Waals surface area contributed by atoms with Crippen molar-refractivity contribution in [2.24, 2.45) is 0 Å². The fourth-order valence-electron chi connectivity index (χ4n) is 2.05. The van der Waals surface area contributed by atoms with Crippen molar-refractivity contribution in [1.82, 2.24) is 9.78 Å². The minimum atomic E-state index is -0.676. The predicted octanol–water partition coefficient (Wildman–Crippen LogP) is 3.28. The normalized spacial score (nSPS) is 10.4. The maximum atomic E-state index is 13.0. The molecule has 0 atom stereocenters. The molecule has 5 nitrogen and oxygen atoms in total. The molecular formula is C17H11ClFN3O2. The number of rotatable bonds is 3. The molecule has 0 aliphatic rings. The Labute approximate surface area is 141 Å². The Morgan fingerprint density at radius 1 is 1.08 bits per heavy atom. The summed E-state index contributed by atoms with van der Waals surface area (Å²) in [6, 6.07) is 13.4. The highest BCUT2D eigenvalue weighted by Gasteiger charge is 2.15. The predicted molar refractivity (Wildman–Crippen MR) is 89.2 cm³/mol. The van der Waals surface area contributed by atoms with Gasteiger partial charge in [-0.25, -0.2) is 9.07 Å². The molecule has 7 heteroatoms. The number of halogens is 2. The van der Waals surface area contributed by atoms with Gasteiger partial charge in [0.1, 0.15) is 5.82 Å². The van der Waals surface area contributed by atoms with E-state index in [2.05, 4.69) is 10.4 Å². The Balaban J connectivity index is 1.94. The second-order valence-corrected chi connectivity index (χ2v) is 5.29. The fourth-order valence-corrected chi connectivity index (χ4v) is 2.23. The fraction of sp³-hybridized carbons (Fsp3) is 0. The summed E-state index contributed by atoms with van der Waals surface area (Å²) in [5.41, 5.74) is 0.0744. The number of nitrogens with one attached hydrogen (secondary N) is 1. The Hall–Kier alpha value is -2.99. The van der Waals surface area contributed by atoms with E-state index in [-0.39, 0.29) is 5.69 Å². The number of anilines is 1. The topological polar surface area (TPSA) is 64.0 Å². The number of amides is 1. The summed E-state index contributed by atoms with van der Waals surface area (Å²) in [4.78, 5) is 24.3. The van der Waals surface area contributed by atoms with Crippen LogP contribution in [0.4, 0.5) is 10.1 Å². The summed E-state index contributed by atoms with van der Waals surface area (Å²) in [5, 5.41) is 6.92. The van der Waals surface area contributed by atoms with Crippen molar-refractivity contribution in [3.05, 3.63) is 87.6 Å². The van der Waals surface area contributed by atoms with E-state index in [1.807, 2.05) is 0 Å². The van der Waals surface area contributed by atoms with E-state index >= 15 is 0 Å². The molecule has 0 unspecified atom stereocenters. The first-order valence-electron chi connectivity index (χ1n) is 6.96. The van der Waals surface area contributed by atoms with Crippen LogP contribution in [-0.4, -0.2) is 15.7 Å². The minimum absolute atomic E-state index is 0.290. The van der Waals surface area contributed by atoms with Gasteiger partial charge in [-0.1, -0.05) is 23.7 Å². The lowest BCUT2D eigenvalue weighted by atomic mass is 10.3. The first-order chi connectivity index (χ1) is 11.5. The largest absolute Gasteiger partial charge is 0.319 e. The van der Waals surface area contributed by atoms with Crippen LogP contribution in [-0.2, 0) is 0 Å². The average Bonchev–Trinajstić information content (AvgIpc) is 2.58. The van der Waals surface area contributed by atoms with Crippen LogP contribution in [0.5, 0.6) is 0 Å².